The van der Waals surface area contributed by atoms with Crippen molar-refractivity contribution >= 4 is 22.7 Å². The summed E-state index contributed by atoms with van der Waals surface area (Å²) in [6, 6.07) is 7.40. The summed E-state index contributed by atoms with van der Waals surface area (Å²) in [6.07, 6.45) is 0. The number of rotatable bonds is 2. The van der Waals surface area contributed by atoms with Gasteiger partial charge in [0, 0.05) is 16.4 Å². The van der Waals surface area contributed by atoms with Gasteiger partial charge in [-0.1, -0.05) is 18.2 Å². The fraction of sp³-hybridized carbons (Fsp3) is 0.308. The lowest BCUT2D eigenvalue weighted by Gasteiger charge is -2.21. The SMILES string of the molecule is CC(C)(C)Nc1[nH]c2ccccc2c1C(=O)O. The molecule has 1 aromatic carbocycles. The first-order chi connectivity index (χ1) is 7.88. The Morgan fingerprint density at radius 1 is 1.29 bits per heavy atom. The van der Waals surface area contributed by atoms with Crippen molar-refractivity contribution in [1.29, 1.82) is 0 Å². The van der Waals surface area contributed by atoms with Crippen molar-refractivity contribution < 1.29 is 9.90 Å². The maximum Gasteiger partial charge on any atom is 0.340 e. The van der Waals surface area contributed by atoms with Crippen LogP contribution in [0.3, 0.4) is 0 Å². The maximum absolute atomic E-state index is 11.3. The normalized spacial score (nSPS) is 11.7. The summed E-state index contributed by atoms with van der Waals surface area (Å²) in [5.74, 6) is -0.361. The minimum absolute atomic E-state index is 0.189. The fourth-order valence-electron chi connectivity index (χ4n) is 1.83. The molecule has 3 N–H and O–H groups in total. The van der Waals surface area contributed by atoms with Crippen LogP contribution in [-0.4, -0.2) is 21.6 Å². The molecule has 0 radical (unpaired) electrons. The van der Waals surface area contributed by atoms with E-state index in [2.05, 4.69) is 10.3 Å². The van der Waals surface area contributed by atoms with Crippen LogP contribution in [0.4, 0.5) is 5.82 Å². The van der Waals surface area contributed by atoms with E-state index in [-0.39, 0.29) is 5.54 Å². The Kier molecular flexibility index (Phi) is 2.58. The first kappa shape index (κ1) is 11.5. The van der Waals surface area contributed by atoms with Crippen molar-refractivity contribution in [2.24, 2.45) is 0 Å². The summed E-state index contributed by atoms with van der Waals surface area (Å²) in [4.78, 5) is 14.4. The lowest BCUT2D eigenvalue weighted by Crippen LogP contribution is -2.27. The van der Waals surface area contributed by atoms with Crippen LogP contribution in [0.5, 0.6) is 0 Å². The number of hydrogen-bond donors (Lipinski definition) is 3. The number of H-pyrrole nitrogens is 1. The van der Waals surface area contributed by atoms with Gasteiger partial charge in [-0.3, -0.25) is 0 Å². The standard InChI is InChI=1S/C13H16N2O2/c1-13(2,3)15-11-10(12(16)17)8-6-4-5-7-9(8)14-11/h4-7,14-15H,1-3H3,(H,16,17). The van der Waals surface area contributed by atoms with E-state index in [1.165, 1.54) is 0 Å². The lowest BCUT2D eigenvalue weighted by atomic mass is 10.1. The zero-order chi connectivity index (χ0) is 12.6. The molecule has 17 heavy (non-hydrogen) atoms. The van der Waals surface area contributed by atoms with E-state index in [1.807, 2.05) is 45.0 Å². The Bertz CT molecular complexity index is 564. The van der Waals surface area contributed by atoms with Crippen molar-refractivity contribution in [2.75, 3.05) is 5.32 Å². The number of aromatic amines is 1. The van der Waals surface area contributed by atoms with Crippen molar-refractivity contribution in [3.8, 4) is 0 Å². The van der Waals surface area contributed by atoms with E-state index in [4.69, 9.17) is 0 Å². The summed E-state index contributed by atoms with van der Waals surface area (Å²) in [5, 5.41) is 13.2. The van der Waals surface area contributed by atoms with Crippen LogP contribution < -0.4 is 5.32 Å². The molecule has 0 bridgehead atoms. The highest BCUT2D eigenvalue weighted by Gasteiger charge is 2.20. The van der Waals surface area contributed by atoms with Crippen LogP contribution in [-0.2, 0) is 0 Å². The maximum atomic E-state index is 11.3. The third-order valence-electron chi connectivity index (χ3n) is 2.42. The number of aromatic carboxylic acids is 1. The number of fused-ring (bicyclic) bond motifs is 1. The van der Waals surface area contributed by atoms with E-state index in [1.54, 1.807) is 0 Å². The molecule has 2 rings (SSSR count). The Morgan fingerprint density at radius 3 is 2.53 bits per heavy atom. The molecular weight excluding hydrogens is 216 g/mol. The smallest absolute Gasteiger partial charge is 0.340 e. The highest BCUT2D eigenvalue weighted by molar-refractivity contribution is 6.08. The molecule has 1 aromatic heterocycles. The van der Waals surface area contributed by atoms with Gasteiger partial charge < -0.3 is 15.4 Å². The third kappa shape index (κ3) is 2.25. The van der Waals surface area contributed by atoms with Gasteiger partial charge >= 0.3 is 5.97 Å². The number of anilines is 1. The van der Waals surface area contributed by atoms with Crippen molar-refractivity contribution in [1.82, 2.24) is 4.98 Å². The van der Waals surface area contributed by atoms with Crippen LogP contribution in [0.1, 0.15) is 31.1 Å². The van der Waals surface area contributed by atoms with Crippen LogP contribution in [0.2, 0.25) is 0 Å². The number of carbonyl (C=O) groups is 1. The molecule has 4 heteroatoms. The molecule has 0 atom stereocenters. The first-order valence-corrected chi connectivity index (χ1v) is 5.51. The second-order valence-corrected chi connectivity index (χ2v) is 5.10. The minimum atomic E-state index is -0.922. The van der Waals surface area contributed by atoms with Crippen LogP contribution in [0.25, 0.3) is 10.9 Å². The molecular formula is C13H16N2O2. The fourth-order valence-corrected chi connectivity index (χ4v) is 1.83. The van der Waals surface area contributed by atoms with Crippen molar-refractivity contribution in [3.63, 3.8) is 0 Å². The average molecular weight is 232 g/mol. The topological polar surface area (TPSA) is 65.1 Å². The number of nitrogens with one attached hydrogen (secondary N) is 2. The second-order valence-electron chi connectivity index (χ2n) is 5.10. The Labute approximate surface area is 99.7 Å². The lowest BCUT2D eigenvalue weighted by molar-refractivity contribution is 0.0700. The second kappa shape index (κ2) is 3.80. The van der Waals surface area contributed by atoms with Gasteiger partial charge in [-0.05, 0) is 26.8 Å². The van der Waals surface area contributed by atoms with E-state index in [9.17, 15) is 9.90 Å². The molecule has 0 amide bonds. The molecule has 0 aliphatic carbocycles. The zero-order valence-corrected chi connectivity index (χ0v) is 10.2. The van der Waals surface area contributed by atoms with Gasteiger partial charge in [0.2, 0.25) is 0 Å². The molecule has 0 spiro atoms. The van der Waals surface area contributed by atoms with Gasteiger partial charge in [0.25, 0.3) is 0 Å². The molecule has 1 heterocycles. The number of para-hydroxylation sites is 1. The van der Waals surface area contributed by atoms with Crippen LogP contribution >= 0.6 is 0 Å². The van der Waals surface area contributed by atoms with Crippen molar-refractivity contribution in [3.05, 3.63) is 29.8 Å². The average Bonchev–Trinajstić information content (AvgIpc) is 2.51. The molecule has 4 nitrogen and oxygen atoms in total. The molecule has 90 valence electrons. The molecule has 2 aromatic rings. The van der Waals surface area contributed by atoms with E-state index < -0.39 is 5.97 Å². The van der Waals surface area contributed by atoms with E-state index in [0.29, 0.717) is 11.4 Å². The largest absolute Gasteiger partial charge is 0.478 e. The summed E-state index contributed by atoms with van der Waals surface area (Å²) in [6.45, 7) is 5.97. The van der Waals surface area contributed by atoms with Gasteiger partial charge in [-0.15, -0.1) is 0 Å². The molecule has 0 unspecified atom stereocenters. The van der Waals surface area contributed by atoms with E-state index in [0.717, 1.165) is 10.9 Å². The number of carboxylic acids is 1. The van der Waals surface area contributed by atoms with Gasteiger partial charge in [-0.25, -0.2) is 4.79 Å². The number of aromatic nitrogens is 1. The monoisotopic (exact) mass is 232 g/mol. The summed E-state index contributed by atoms with van der Waals surface area (Å²) in [7, 11) is 0. The van der Waals surface area contributed by atoms with Gasteiger partial charge in [0.15, 0.2) is 0 Å². The predicted molar refractivity (Wildman–Crippen MR) is 68.6 cm³/mol. The molecule has 0 saturated carbocycles. The minimum Gasteiger partial charge on any atom is -0.478 e. The number of hydrogen-bond acceptors (Lipinski definition) is 2. The predicted octanol–water partition coefficient (Wildman–Crippen LogP) is 3.08. The van der Waals surface area contributed by atoms with Crippen LogP contribution in [0.15, 0.2) is 24.3 Å². The summed E-state index contributed by atoms with van der Waals surface area (Å²) < 4.78 is 0. The zero-order valence-electron chi connectivity index (χ0n) is 10.2. The third-order valence-corrected chi connectivity index (χ3v) is 2.42. The van der Waals surface area contributed by atoms with Crippen LogP contribution in [0, 0.1) is 0 Å². The van der Waals surface area contributed by atoms with Gasteiger partial charge in [-0.2, -0.15) is 0 Å². The highest BCUT2D eigenvalue weighted by Crippen LogP contribution is 2.27. The van der Waals surface area contributed by atoms with Crippen molar-refractivity contribution in [2.45, 2.75) is 26.3 Å². The van der Waals surface area contributed by atoms with E-state index >= 15 is 0 Å². The first-order valence-electron chi connectivity index (χ1n) is 5.51. The molecule has 0 aliphatic heterocycles. The van der Waals surface area contributed by atoms with Gasteiger partial charge in [0.05, 0.1) is 0 Å². The Hall–Kier alpha value is -1.97. The molecule has 0 fully saturated rings. The summed E-state index contributed by atoms with van der Waals surface area (Å²) >= 11 is 0. The molecule has 0 saturated heterocycles. The quantitative estimate of drug-likeness (QED) is 0.745. The number of benzene rings is 1. The Morgan fingerprint density at radius 2 is 1.94 bits per heavy atom. The number of carboxylic acid groups (broad SMARTS) is 1. The summed E-state index contributed by atoms with van der Waals surface area (Å²) in [5.41, 5.74) is 0.942. The Balaban J connectivity index is 2.62. The molecule has 0 aliphatic rings. The highest BCUT2D eigenvalue weighted by atomic mass is 16.4. The van der Waals surface area contributed by atoms with Gasteiger partial charge in [0.1, 0.15) is 11.4 Å².